The molecule has 0 radical (unpaired) electrons. The van der Waals surface area contributed by atoms with Crippen molar-refractivity contribution in [2.24, 2.45) is 0 Å². The van der Waals surface area contributed by atoms with Gasteiger partial charge in [0.25, 0.3) is 0 Å². The summed E-state index contributed by atoms with van der Waals surface area (Å²) < 4.78 is 16.3. The largest absolute Gasteiger partial charge is 0.493 e. The van der Waals surface area contributed by atoms with Crippen molar-refractivity contribution in [2.45, 2.75) is 57.2 Å². The lowest BCUT2D eigenvalue weighted by Crippen LogP contribution is -2.46. The van der Waals surface area contributed by atoms with Crippen molar-refractivity contribution in [1.82, 2.24) is 4.90 Å². The number of benzene rings is 1. The molecule has 0 spiro atoms. The molecule has 2 saturated heterocycles. The number of rotatable bonds is 6. The average molecular weight is 333 g/mol. The maximum absolute atomic E-state index is 12.5. The number of methoxy groups -OCH3 is 2. The molecule has 24 heavy (non-hydrogen) atoms. The fraction of sp³-hybridized carbons (Fsp3) is 0.632. The first-order valence-corrected chi connectivity index (χ1v) is 8.85. The summed E-state index contributed by atoms with van der Waals surface area (Å²) in [7, 11) is 3.14. The molecule has 5 nitrogen and oxygen atoms in total. The monoisotopic (exact) mass is 333 g/mol. The zero-order valence-electron chi connectivity index (χ0n) is 14.8. The van der Waals surface area contributed by atoms with E-state index in [0.717, 1.165) is 19.4 Å². The van der Waals surface area contributed by atoms with Crippen LogP contribution in [-0.2, 0) is 4.74 Å². The predicted molar refractivity (Wildman–Crippen MR) is 91.8 cm³/mol. The zero-order chi connectivity index (χ0) is 17.1. The van der Waals surface area contributed by atoms with Crippen LogP contribution < -0.4 is 9.47 Å². The second-order valence-corrected chi connectivity index (χ2v) is 6.69. The molecule has 0 aliphatic carbocycles. The third-order valence-corrected chi connectivity index (χ3v) is 5.22. The first-order valence-electron chi connectivity index (χ1n) is 8.85. The third-order valence-electron chi connectivity index (χ3n) is 5.22. The third kappa shape index (κ3) is 3.36. The summed E-state index contributed by atoms with van der Waals surface area (Å²) >= 11 is 0. The van der Waals surface area contributed by atoms with E-state index in [4.69, 9.17) is 14.2 Å². The lowest BCUT2D eigenvalue weighted by atomic mass is 9.99. The molecule has 1 aromatic rings. The highest BCUT2D eigenvalue weighted by molar-refractivity contribution is 5.90. The molecule has 2 atom stereocenters. The molecule has 0 amide bonds. The average Bonchev–Trinajstić information content (AvgIpc) is 2.83. The fourth-order valence-electron chi connectivity index (χ4n) is 4.13. The Labute approximate surface area is 143 Å². The minimum Gasteiger partial charge on any atom is -0.493 e. The number of hydrogen-bond donors (Lipinski definition) is 0. The quantitative estimate of drug-likeness (QED) is 0.748. The van der Waals surface area contributed by atoms with Gasteiger partial charge in [-0.2, -0.15) is 0 Å². The molecule has 5 heteroatoms. The molecule has 2 bridgehead atoms. The lowest BCUT2D eigenvalue weighted by molar-refractivity contribution is -0.00598. The predicted octanol–water partition coefficient (Wildman–Crippen LogP) is 3.27. The van der Waals surface area contributed by atoms with E-state index in [0.29, 0.717) is 29.1 Å². The molecule has 0 unspecified atom stereocenters. The van der Waals surface area contributed by atoms with E-state index < -0.39 is 0 Å². The van der Waals surface area contributed by atoms with Crippen LogP contribution in [0.5, 0.6) is 11.5 Å². The number of carbonyl (C=O) groups is 1. The van der Waals surface area contributed by atoms with Crippen molar-refractivity contribution in [1.29, 1.82) is 0 Å². The number of piperidine rings is 1. The highest BCUT2D eigenvalue weighted by atomic mass is 16.5. The van der Waals surface area contributed by atoms with E-state index in [2.05, 4.69) is 11.8 Å². The molecule has 0 aromatic heterocycles. The summed E-state index contributed by atoms with van der Waals surface area (Å²) in [5.41, 5.74) is 0.510. The van der Waals surface area contributed by atoms with E-state index in [1.807, 2.05) is 0 Å². The normalized spacial score (nSPS) is 26.2. The van der Waals surface area contributed by atoms with Crippen LogP contribution >= 0.6 is 0 Å². The lowest BCUT2D eigenvalue weighted by Gasteiger charge is -2.38. The van der Waals surface area contributed by atoms with Gasteiger partial charge in [0.05, 0.1) is 19.8 Å². The fourth-order valence-corrected chi connectivity index (χ4v) is 4.13. The van der Waals surface area contributed by atoms with Gasteiger partial charge >= 0.3 is 5.97 Å². The van der Waals surface area contributed by atoms with Crippen molar-refractivity contribution >= 4 is 5.97 Å². The summed E-state index contributed by atoms with van der Waals surface area (Å²) in [6.07, 6.45) is 5.58. The molecule has 0 N–H and O–H groups in total. The van der Waals surface area contributed by atoms with Crippen LogP contribution in [-0.4, -0.2) is 49.8 Å². The molecule has 0 saturated carbocycles. The van der Waals surface area contributed by atoms with Gasteiger partial charge < -0.3 is 14.2 Å². The number of carbonyl (C=O) groups excluding carboxylic acids is 1. The number of nitrogens with zero attached hydrogens (tertiary/aromatic N) is 1. The molecule has 2 aliphatic heterocycles. The molecule has 1 aromatic carbocycles. The number of esters is 1. The molecular formula is C19H27NO4. The molecule has 132 valence electrons. The van der Waals surface area contributed by atoms with Crippen molar-refractivity contribution in [3.05, 3.63) is 23.8 Å². The van der Waals surface area contributed by atoms with E-state index in [1.165, 1.54) is 19.3 Å². The Bertz CT molecular complexity index is 575. The first kappa shape index (κ1) is 17.1. The van der Waals surface area contributed by atoms with Gasteiger partial charge in [0, 0.05) is 24.9 Å². The Morgan fingerprint density at radius 3 is 2.38 bits per heavy atom. The molecule has 2 aliphatic rings. The zero-order valence-corrected chi connectivity index (χ0v) is 14.8. The Kier molecular flexibility index (Phi) is 5.29. The van der Waals surface area contributed by atoms with Crippen LogP contribution in [0.4, 0.5) is 0 Å². The van der Waals surface area contributed by atoms with E-state index in [-0.39, 0.29) is 12.1 Å². The standard InChI is InChI=1S/C19H27NO4/c1-4-9-20-14-6-7-15(20)12-16(11-14)24-19(21)13-5-8-17(22-2)18(10-13)23-3/h5,8,10,14-16H,4,6-7,9,11-12H2,1-3H3/t14-,15-/m1/s1. The van der Waals surface area contributed by atoms with E-state index in [1.54, 1.807) is 32.4 Å². The van der Waals surface area contributed by atoms with Crippen LogP contribution in [0.1, 0.15) is 49.4 Å². The van der Waals surface area contributed by atoms with Crippen molar-refractivity contribution in [3.63, 3.8) is 0 Å². The Morgan fingerprint density at radius 2 is 1.79 bits per heavy atom. The van der Waals surface area contributed by atoms with Crippen LogP contribution in [0.2, 0.25) is 0 Å². The van der Waals surface area contributed by atoms with Gasteiger partial charge in [0.1, 0.15) is 6.10 Å². The maximum atomic E-state index is 12.5. The van der Waals surface area contributed by atoms with Crippen molar-refractivity contribution in [3.8, 4) is 11.5 Å². The minimum absolute atomic E-state index is 0.0243. The molecule has 3 rings (SSSR count). The summed E-state index contributed by atoms with van der Waals surface area (Å²) in [6.45, 7) is 3.38. The second-order valence-electron chi connectivity index (χ2n) is 6.69. The van der Waals surface area contributed by atoms with Gasteiger partial charge in [-0.3, -0.25) is 4.90 Å². The summed E-state index contributed by atoms with van der Waals surface area (Å²) in [5.74, 6) is 0.883. The van der Waals surface area contributed by atoms with Crippen molar-refractivity contribution < 1.29 is 19.0 Å². The number of ether oxygens (including phenoxy) is 3. The smallest absolute Gasteiger partial charge is 0.338 e. The maximum Gasteiger partial charge on any atom is 0.338 e. The van der Waals surface area contributed by atoms with Crippen LogP contribution in [0.25, 0.3) is 0 Å². The van der Waals surface area contributed by atoms with Gasteiger partial charge in [0.2, 0.25) is 0 Å². The highest BCUT2D eigenvalue weighted by Crippen LogP contribution is 2.37. The summed E-state index contributed by atoms with van der Waals surface area (Å²) in [6, 6.07) is 6.30. The van der Waals surface area contributed by atoms with Gasteiger partial charge in [-0.05, 0) is 44.0 Å². The summed E-state index contributed by atoms with van der Waals surface area (Å²) in [4.78, 5) is 15.1. The van der Waals surface area contributed by atoms with Crippen molar-refractivity contribution in [2.75, 3.05) is 20.8 Å². The van der Waals surface area contributed by atoms with Crippen LogP contribution in [0.3, 0.4) is 0 Å². The Morgan fingerprint density at radius 1 is 1.12 bits per heavy atom. The van der Waals surface area contributed by atoms with Crippen LogP contribution in [0.15, 0.2) is 18.2 Å². The summed E-state index contributed by atoms with van der Waals surface area (Å²) in [5, 5.41) is 0. The first-order chi connectivity index (χ1) is 11.7. The Balaban J connectivity index is 1.64. The van der Waals surface area contributed by atoms with Gasteiger partial charge in [-0.1, -0.05) is 6.92 Å². The number of hydrogen-bond acceptors (Lipinski definition) is 5. The van der Waals surface area contributed by atoms with E-state index in [9.17, 15) is 4.79 Å². The molecule has 2 heterocycles. The van der Waals surface area contributed by atoms with Crippen LogP contribution in [0, 0.1) is 0 Å². The molecule has 2 fully saturated rings. The highest BCUT2D eigenvalue weighted by Gasteiger charge is 2.41. The SMILES string of the molecule is CCCN1[C@@H]2CC[C@@H]1CC(OC(=O)c1ccc(OC)c(OC)c1)C2. The van der Waals surface area contributed by atoms with Gasteiger partial charge in [-0.15, -0.1) is 0 Å². The van der Waals surface area contributed by atoms with Gasteiger partial charge in [0.15, 0.2) is 11.5 Å². The second kappa shape index (κ2) is 7.43. The topological polar surface area (TPSA) is 48.0 Å². The molecular weight excluding hydrogens is 306 g/mol. The number of fused-ring (bicyclic) bond motifs is 2. The van der Waals surface area contributed by atoms with Gasteiger partial charge in [-0.25, -0.2) is 4.79 Å². The van der Waals surface area contributed by atoms with E-state index >= 15 is 0 Å². The Hall–Kier alpha value is -1.75. The minimum atomic E-state index is -0.274.